The van der Waals surface area contributed by atoms with Crippen molar-refractivity contribution in [3.63, 3.8) is 0 Å². The summed E-state index contributed by atoms with van der Waals surface area (Å²) in [6.45, 7) is 13.0. The molecule has 6 heteroatoms. The van der Waals surface area contributed by atoms with Gasteiger partial charge in [0.15, 0.2) is 0 Å². The molecule has 0 N–H and O–H groups in total. The van der Waals surface area contributed by atoms with Crippen LogP contribution < -0.4 is 0 Å². The van der Waals surface area contributed by atoms with Gasteiger partial charge in [-0.3, -0.25) is 27.2 Å². The van der Waals surface area contributed by atoms with Crippen molar-refractivity contribution >= 4 is 32.1 Å². The number of carbonyl (C=O) groups excluding carboxylic acids is 4. The maximum atomic E-state index is 7.75. The van der Waals surface area contributed by atoms with Crippen molar-refractivity contribution in [2.45, 2.75) is 6.42 Å². The van der Waals surface area contributed by atoms with E-state index in [2.05, 4.69) is 42.7 Å². The Labute approximate surface area is 85.1 Å². The number of hydrogen-bond acceptors (Lipinski definition) is 5. The van der Waals surface area contributed by atoms with Gasteiger partial charge in [-0.1, -0.05) is 0 Å². The molecular weight excluding hydrogens is 218 g/mol. The average Bonchev–Trinajstić information content (AvgIpc) is 2.30. The third kappa shape index (κ3) is 2470. The van der Waals surface area contributed by atoms with Gasteiger partial charge in [0.2, 0.25) is 0 Å². The summed E-state index contributed by atoms with van der Waals surface area (Å²) in [4.78, 5) is 32.6. The molecule has 0 saturated carbocycles. The van der Waals surface area contributed by atoms with Gasteiger partial charge in [0, 0.05) is 0 Å². The second kappa shape index (κ2) is 397. The number of nitrogens with zero attached hydrogens (tertiary/aromatic N) is 1. The summed E-state index contributed by atoms with van der Waals surface area (Å²) in [6.07, 6.45) is 0.458. The quantitative estimate of drug-likeness (QED) is 0.329. The fourth-order valence-corrected chi connectivity index (χ4v) is 0.133. The van der Waals surface area contributed by atoms with Crippen LogP contribution in [0.5, 0.6) is 0 Å². The predicted molar refractivity (Wildman–Crippen MR) is 43.3 cm³/mol. The van der Waals surface area contributed by atoms with Crippen molar-refractivity contribution in [3.8, 4) is 6.07 Å². The first kappa shape index (κ1) is 30.0. The molecule has 0 aliphatic heterocycles. The summed E-state index contributed by atoms with van der Waals surface area (Å²) in [6, 6.07) is 1.90. The van der Waals surface area contributed by atoms with Gasteiger partial charge in [-0.05, 0) is 0 Å². The molecule has 0 aliphatic carbocycles. The van der Waals surface area contributed by atoms with Gasteiger partial charge in [0.1, 0.15) is 0 Å². The van der Waals surface area contributed by atoms with Gasteiger partial charge in [0.25, 0.3) is 0 Å². The van der Waals surface area contributed by atoms with Crippen LogP contribution in [-0.2, 0) is 34.8 Å². The molecule has 0 aromatic rings. The zero-order chi connectivity index (χ0) is 12.1. The summed E-state index contributed by atoms with van der Waals surface area (Å²) in [5.74, 6) is 0. The van der Waals surface area contributed by atoms with Crippen molar-refractivity contribution in [2.75, 3.05) is 0 Å². The van der Waals surface area contributed by atoms with E-state index in [0.29, 0.717) is 6.42 Å². The SMILES string of the molecule is N#CC[CH]=[Fe].[CH-]=O.[CH-]=O.[CH-]=O.[CH-]=O. The van der Waals surface area contributed by atoms with E-state index in [9.17, 15) is 0 Å². The second-order valence-electron chi connectivity index (χ2n) is 0.507. The van der Waals surface area contributed by atoms with Gasteiger partial charge >= 0.3 is 38.2 Å². The van der Waals surface area contributed by atoms with Gasteiger partial charge in [-0.25, -0.2) is 0 Å². The van der Waals surface area contributed by atoms with Crippen molar-refractivity contribution in [3.05, 3.63) is 0 Å². The molecule has 0 radical (unpaired) electrons. The van der Waals surface area contributed by atoms with Crippen LogP contribution in [0.25, 0.3) is 0 Å². The van der Waals surface area contributed by atoms with Crippen LogP contribution in [0.15, 0.2) is 0 Å². The van der Waals surface area contributed by atoms with Gasteiger partial charge in [0.05, 0.1) is 0 Å². The molecule has 0 saturated heterocycles. The molecule has 0 aliphatic rings. The minimum absolute atomic E-state index is 0.458. The predicted octanol–water partition coefficient (Wildman–Crippen LogP) is -0.847. The molecule has 0 atom stereocenters. The standard InChI is InChI=1S/C3H3N.4CHO.Fe/c1-2-3-4;4*1-2;/h1H,2H2;4*1H;/q;4*-1;. The molecule has 13 heavy (non-hydrogen) atoms. The fourth-order valence-electron chi connectivity index (χ4n) is 0.0323. The second-order valence-corrected chi connectivity index (χ2v) is 0.957. The third-order valence-corrected chi connectivity index (χ3v) is 0.389. The Kier molecular flexibility index (Phi) is 914. The van der Waals surface area contributed by atoms with Crippen molar-refractivity contribution in [1.29, 1.82) is 5.26 Å². The Bertz CT molecular complexity index is 108. The van der Waals surface area contributed by atoms with E-state index < -0.39 is 0 Å². The van der Waals surface area contributed by atoms with Gasteiger partial charge in [-0.2, -0.15) is 0 Å². The zero-order valence-electron chi connectivity index (χ0n) is 6.53. The Morgan fingerprint density at radius 2 is 1.23 bits per heavy atom. The largest absolute Gasteiger partial charge is 0.545 e. The summed E-state index contributed by atoms with van der Waals surface area (Å²) >= 11 is 3.33. The molecule has 0 bridgehead atoms. The molecular formula is C7H7FeNO4-4. The monoisotopic (exact) mass is 225 g/mol. The molecule has 0 aromatic carbocycles. The van der Waals surface area contributed by atoms with Gasteiger partial charge in [-0.15, -0.1) is 0 Å². The van der Waals surface area contributed by atoms with Crippen LogP contribution >= 0.6 is 0 Å². The zero-order valence-corrected chi connectivity index (χ0v) is 7.63. The summed E-state index contributed by atoms with van der Waals surface area (Å²) in [5, 5.41) is 7.74. The maximum absolute atomic E-state index is 7.75. The molecule has 0 unspecified atom stereocenters. The first-order valence-electron chi connectivity index (χ1n) is 2.13. The van der Waals surface area contributed by atoms with E-state index in [0.717, 1.165) is 0 Å². The number of hydrogen-bond donors (Lipinski definition) is 0. The van der Waals surface area contributed by atoms with Crippen molar-refractivity contribution in [2.24, 2.45) is 0 Å². The van der Waals surface area contributed by atoms with Crippen LogP contribution in [0.2, 0.25) is 0 Å². The van der Waals surface area contributed by atoms with E-state index in [1.54, 1.807) is 4.92 Å². The first-order chi connectivity index (χ1) is 6.41. The molecule has 76 valence electrons. The summed E-state index contributed by atoms with van der Waals surface area (Å²) in [7, 11) is 0. The van der Waals surface area contributed by atoms with Crippen LogP contribution in [0.1, 0.15) is 6.42 Å². The van der Waals surface area contributed by atoms with E-state index in [4.69, 9.17) is 24.4 Å². The average molecular weight is 225 g/mol. The topological polar surface area (TPSA) is 92.1 Å². The van der Waals surface area contributed by atoms with E-state index >= 15 is 0 Å². The Hall–Kier alpha value is -1.44. The van der Waals surface area contributed by atoms with Crippen molar-refractivity contribution in [1.82, 2.24) is 0 Å². The number of rotatable bonds is 1. The van der Waals surface area contributed by atoms with Crippen LogP contribution in [0.3, 0.4) is 0 Å². The Morgan fingerprint density at radius 1 is 1.00 bits per heavy atom. The summed E-state index contributed by atoms with van der Waals surface area (Å²) in [5.41, 5.74) is 0. The normalized spacial score (nSPS) is 3.38. The van der Waals surface area contributed by atoms with Crippen molar-refractivity contribution < 1.29 is 34.8 Å². The number of nitriles is 1. The molecule has 5 nitrogen and oxygen atoms in total. The molecule has 0 fully saturated rings. The summed E-state index contributed by atoms with van der Waals surface area (Å²) < 4.78 is 0. The molecule has 0 spiro atoms. The van der Waals surface area contributed by atoms with E-state index in [-0.39, 0.29) is 0 Å². The molecule has 0 heterocycles. The van der Waals surface area contributed by atoms with Crippen LogP contribution in [-0.4, -0.2) is 32.1 Å². The Morgan fingerprint density at radius 3 is 1.23 bits per heavy atom. The minimum atomic E-state index is 0.458. The van der Waals surface area contributed by atoms with Gasteiger partial charge < -0.3 is 19.2 Å². The van der Waals surface area contributed by atoms with Crippen LogP contribution in [0, 0.1) is 11.3 Å². The van der Waals surface area contributed by atoms with Crippen LogP contribution in [0.4, 0.5) is 0 Å². The fraction of sp³-hybridized carbons (Fsp3) is 0.143. The minimum Gasteiger partial charge on any atom is -0.545 e. The molecule has 0 amide bonds. The third-order valence-electron chi connectivity index (χ3n) is 0.163. The van der Waals surface area contributed by atoms with E-state index in [1.807, 2.05) is 6.07 Å². The smallest absolute Gasteiger partial charge is 0.282 e. The first-order valence-corrected chi connectivity index (χ1v) is 2.77. The Balaban J connectivity index is -0.0000000230. The van der Waals surface area contributed by atoms with E-state index in [1.165, 1.54) is 0 Å². The molecule has 0 rings (SSSR count). The maximum Gasteiger partial charge on any atom is -0.282 e. The molecule has 0 aromatic heterocycles.